The number of carbonyl (C=O) groups is 2. The van der Waals surface area contributed by atoms with Crippen LogP contribution in [0.4, 0.5) is 18.9 Å². The first kappa shape index (κ1) is 22.4. The van der Waals surface area contributed by atoms with E-state index in [0.29, 0.717) is 42.5 Å². The molecule has 3 N–H and O–H groups in total. The first-order valence-electron chi connectivity index (χ1n) is 10.0. The van der Waals surface area contributed by atoms with E-state index in [4.69, 9.17) is 10.5 Å². The molecular formula is C21H20F3N5O4. The molecular weight excluding hydrogens is 443 g/mol. The molecule has 1 saturated heterocycles. The van der Waals surface area contributed by atoms with Crippen molar-refractivity contribution in [3.05, 3.63) is 47.3 Å². The highest BCUT2D eigenvalue weighted by Gasteiger charge is 2.32. The van der Waals surface area contributed by atoms with Gasteiger partial charge in [0.2, 0.25) is 0 Å². The molecule has 1 fully saturated rings. The Labute approximate surface area is 185 Å². The number of nitrogens with zero attached hydrogens (tertiary/aromatic N) is 3. The summed E-state index contributed by atoms with van der Waals surface area (Å²) in [6.45, 7) is 0.810. The van der Waals surface area contributed by atoms with Crippen molar-refractivity contribution in [2.75, 3.05) is 25.9 Å². The van der Waals surface area contributed by atoms with Gasteiger partial charge in [-0.05, 0) is 31.0 Å². The number of pyridine rings is 1. The Morgan fingerprint density at radius 1 is 1.21 bits per heavy atom. The number of carbonyl (C=O) groups excluding carboxylic acids is 2. The summed E-state index contributed by atoms with van der Waals surface area (Å²) in [4.78, 5) is 30.5. The van der Waals surface area contributed by atoms with Gasteiger partial charge in [-0.1, -0.05) is 0 Å². The number of amides is 1. The Balaban J connectivity index is 1.46. The van der Waals surface area contributed by atoms with Gasteiger partial charge in [-0.3, -0.25) is 9.89 Å². The molecule has 0 saturated carbocycles. The van der Waals surface area contributed by atoms with Crippen LogP contribution in [-0.2, 0) is 4.74 Å². The van der Waals surface area contributed by atoms with Crippen molar-refractivity contribution in [1.82, 2.24) is 20.1 Å². The number of nitrogens with one attached hydrogen (secondary N) is 1. The van der Waals surface area contributed by atoms with E-state index < -0.39 is 18.1 Å². The Kier molecular flexibility index (Phi) is 5.83. The minimum Gasteiger partial charge on any atom is -0.465 e. The van der Waals surface area contributed by atoms with Crippen LogP contribution in [0.25, 0.3) is 11.0 Å². The molecule has 1 aromatic carbocycles. The van der Waals surface area contributed by atoms with Crippen LogP contribution in [0.5, 0.6) is 5.75 Å². The molecule has 3 aromatic rings. The molecule has 0 spiro atoms. The van der Waals surface area contributed by atoms with Crippen LogP contribution >= 0.6 is 0 Å². The molecule has 12 heteroatoms. The van der Waals surface area contributed by atoms with E-state index in [1.54, 1.807) is 11.0 Å². The summed E-state index contributed by atoms with van der Waals surface area (Å²) in [7, 11) is 1.29. The second-order valence-electron chi connectivity index (χ2n) is 7.58. The summed E-state index contributed by atoms with van der Waals surface area (Å²) in [5, 5.41) is 7.93. The van der Waals surface area contributed by atoms with Crippen molar-refractivity contribution in [1.29, 1.82) is 0 Å². The number of benzene rings is 1. The Morgan fingerprint density at radius 3 is 2.58 bits per heavy atom. The van der Waals surface area contributed by atoms with Crippen LogP contribution in [-0.4, -0.2) is 58.5 Å². The molecule has 0 unspecified atom stereocenters. The van der Waals surface area contributed by atoms with E-state index in [0.717, 1.165) is 17.8 Å². The van der Waals surface area contributed by atoms with E-state index in [2.05, 4.69) is 19.9 Å². The normalized spacial score (nSPS) is 15.0. The number of esters is 1. The molecule has 1 aliphatic heterocycles. The number of fused-ring (bicyclic) bond motifs is 1. The number of aromatic nitrogens is 3. The van der Waals surface area contributed by atoms with Crippen molar-refractivity contribution >= 4 is 28.6 Å². The van der Waals surface area contributed by atoms with Crippen LogP contribution < -0.4 is 10.5 Å². The zero-order valence-corrected chi connectivity index (χ0v) is 17.5. The van der Waals surface area contributed by atoms with E-state index in [1.807, 2.05) is 0 Å². The molecule has 33 heavy (non-hydrogen) atoms. The van der Waals surface area contributed by atoms with Gasteiger partial charge in [0, 0.05) is 42.3 Å². The van der Waals surface area contributed by atoms with Gasteiger partial charge in [0.1, 0.15) is 5.75 Å². The van der Waals surface area contributed by atoms with E-state index in [9.17, 15) is 22.8 Å². The van der Waals surface area contributed by atoms with Gasteiger partial charge in [-0.15, -0.1) is 13.2 Å². The molecule has 4 rings (SSSR count). The molecule has 2 aromatic heterocycles. The number of nitrogens with two attached hydrogens (primary N) is 1. The highest BCUT2D eigenvalue weighted by molar-refractivity contribution is 5.99. The summed E-state index contributed by atoms with van der Waals surface area (Å²) in [6.07, 6.45) is -2.23. The SMILES string of the molecule is COC(=O)c1cnc2[nH]nc(C3CCN(C(=O)c4ccc(OC(F)(F)F)cc4N)CC3)c2c1. The summed E-state index contributed by atoms with van der Waals surface area (Å²) >= 11 is 0. The fourth-order valence-electron chi connectivity index (χ4n) is 3.92. The third-order valence-electron chi connectivity index (χ3n) is 5.52. The summed E-state index contributed by atoms with van der Waals surface area (Å²) in [5.41, 5.74) is 7.44. The summed E-state index contributed by atoms with van der Waals surface area (Å²) < 4.78 is 45.7. The number of ether oxygens (including phenoxy) is 2. The number of rotatable bonds is 4. The predicted octanol–water partition coefficient (Wildman–Crippen LogP) is 3.25. The van der Waals surface area contributed by atoms with Crippen LogP contribution in [0.2, 0.25) is 0 Å². The number of H-pyrrole nitrogens is 1. The minimum atomic E-state index is -4.84. The number of anilines is 1. The molecule has 0 radical (unpaired) electrons. The highest BCUT2D eigenvalue weighted by Crippen LogP contribution is 2.33. The van der Waals surface area contributed by atoms with Crippen molar-refractivity contribution in [2.24, 2.45) is 0 Å². The smallest absolute Gasteiger partial charge is 0.465 e. The second-order valence-corrected chi connectivity index (χ2v) is 7.58. The number of aromatic amines is 1. The lowest BCUT2D eigenvalue weighted by atomic mass is 9.91. The Morgan fingerprint density at radius 2 is 1.94 bits per heavy atom. The molecule has 0 aliphatic carbocycles. The number of piperidine rings is 1. The highest BCUT2D eigenvalue weighted by atomic mass is 19.4. The van der Waals surface area contributed by atoms with Crippen LogP contribution in [0.3, 0.4) is 0 Å². The number of hydrogen-bond donors (Lipinski definition) is 2. The molecule has 0 bridgehead atoms. The zero-order valence-electron chi connectivity index (χ0n) is 17.5. The number of methoxy groups -OCH3 is 1. The van der Waals surface area contributed by atoms with Gasteiger partial charge in [-0.25, -0.2) is 9.78 Å². The fraction of sp³-hybridized carbons (Fsp3) is 0.333. The second kappa shape index (κ2) is 8.60. The summed E-state index contributed by atoms with van der Waals surface area (Å²) in [6, 6.07) is 4.95. The van der Waals surface area contributed by atoms with Crippen LogP contribution in [0.1, 0.15) is 45.2 Å². The predicted molar refractivity (Wildman–Crippen MR) is 111 cm³/mol. The van der Waals surface area contributed by atoms with Gasteiger partial charge in [0.05, 0.1) is 23.9 Å². The van der Waals surface area contributed by atoms with Gasteiger partial charge < -0.3 is 20.1 Å². The number of halogens is 3. The van der Waals surface area contributed by atoms with Gasteiger partial charge >= 0.3 is 12.3 Å². The molecule has 1 amide bonds. The van der Waals surface area contributed by atoms with Crippen LogP contribution in [0, 0.1) is 0 Å². The Bertz CT molecular complexity index is 1200. The average molecular weight is 463 g/mol. The summed E-state index contributed by atoms with van der Waals surface area (Å²) in [5.74, 6) is -1.33. The largest absolute Gasteiger partial charge is 0.573 e. The lowest BCUT2D eigenvalue weighted by Crippen LogP contribution is -2.38. The number of hydrogen-bond acceptors (Lipinski definition) is 7. The van der Waals surface area contributed by atoms with Crippen LogP contribution in [0.15, 0.2) is 30.5 Å². The number of alkyl halides is 3. The monoisotopic (exact) mass is 463 g/mol. The first-order chi connectivity index (χ1) is 15.7. The van der Waals surface area contributed by atoms with Gasteiger partial charge in [-0.2, -0.15) is 5.10 Å². The number of nitrogen functional groups attached to an aromatic ring is 1. The maximum absolute atomic E-state index is 12.9. The van der Waals surface area contributed by atoms with Gasteiger partial charge in [0.25, 0.3) is 5.91 Å². The fourth-order valence-corrected chi connectivity index (χ4v) is 3.92. The van der Waals surface area contributed by atoms with Crippen molar-refractivity contribution in [3.63, 3.8) is 0 Å². The lowest BCUT2D eigenvalue weighted by Gasteiger charge is -2.31. The molecule has 0 atom stereocenters. The van der Waals surface area contributed by atoms with Crippen molar-refractivity contribution in [3.8, 4) is 5.75 Å². The zero-order chi connectivity index (χ0) is 23.8. The van der Waals surface area contributed by atoms with Gasteiger partial charge in [0.15, 0.2) is 5.65 Å². The van der Waals surface area contributed by atoms with E-state index >= 15 is 0 Å². The quantitative estimate of drug-likeness (QED) is 0.450. The third-order valence-corrected chi connectivity index (χ3v) is 5.52. The first-order valence-corrected chi connectivity index (χ1v) is 10.0. The van der Waals surface area contributed by atoms with E-state index in [-0.39, 0.29) is 23.1 Å². The third kappa shape index (κ3) is 4.69. The van der Waals surface area contributed by atoms with Crippen molar-refractivity contribution < 1.29 is 32.2 Å². The van der Waals surface area contributed by atoms with Crippen molar-refractivity contribution in [2.45, 2.75) is 25.1 Å². The Hall–Kier alpha value is -3.83. The average Bonchev–Trinajstić information content (AvgIpc) is 3.20. The maximum atomic E-state index is 12.9. The molecule has 3 heterocycles. The molecule has 9 nitrogen and oxygen atoms in total. The standard InChI is InChI=1S/C21H20F3N5O4/c1-32-20(31)12-8-15-17(27-28-18(15)26-10-12)11-4-6-29(7-5-11)19(30)14-3-2-13(9-16(14)25)33-21(22,23)24/h2-3,8-11H,4-7,25H2,1H3,(H,26,27,28). The maximum Gasteiger partial charge on any atom is 0.573 e. The lowest BCUT2D eigenvalue weighted by molar-refractivity contribution is -0.274. The topological polar surface area (TPSA) is 123 Å². The molecule has 174 valence electrons. The van der Waals surface area contributed by atoms with E-state index in [1.165, 1.54) is 19.4 Å². The number of likely N-dealkylation sites (tertiary alicyclic amines) is 1. The minimum absolute atomic E-state index is 0.0254. The molecule has 1 aliphatic rings.